The second kappa shape index (κ2) is 8.02. The van der Waals surface area contributed by atoms with Gasteiger partial charge in [0.15, 0.2) is 0 Å². The van der Waals surface area contributed by atoms with Crippen molar-refractivity contribution >= 4 is 17.6 Å². The average Bonchev–Trinajstić information content (AvgIpc) is 2.50. The van der Waals surface area contributed by atoms with Crippen molar-refractivity contribution in [3.8, 4) is 11.5 Å². The number of rotatable bonds is 7. The van der Waals surface area contributed by atoms with Crippen molar-refractivity contribution in [2.24, 2.45) is 0 Å². The van der Waals surface area contributed by atoms with E-state index in [1.807, 2.05) is 37.3 Å². The lowest BCUT2D eigenvalue weighted by Crippen LogP contribution is -2.02. The number of carbonyl (C=O) groups is 1. The number of carboxylic acids is 1. The fourth-order valence-electron chi connectivity index (χ4n) is 2.39. The Morgan fingerprint density at radius 3 is 2.65 bits per heavy atom. The lowest BCUT2D eigenvalue weighted by Gasteiger charge is -2.13. The third kappa shape index (κ3) is 5.00. The summed E-state index contributed by atoms with van der Waals surface area (Å²) in [7, 11) is 0. The summed E-state index contributed by atoms with van der Waals surface area (Å²) in [6, 6.07) is 11.3. The first kappa shape index (κ1) is 17.4. The third-order valence-corrected chi connectivity index (χ3v) is 3.90. The fourth-order valence-corrected chi connectivity index (χ4v) is 2.55. The van der Waals surface area contributed by atoms with Crippen LogP contribution in [0.25, 0.3) is 0 Å². The van der Waals surface area contributed by atoms with E-state index in [0.717, 1.165) is 30.4 Å². The van der Waals surface area contributed by atoms with Gasteiger partial charge in [0.1, 0.15) is 11.5 Å². The van der Waals surface area contributed by atoms with E-state index in [1.54, 1.807) is 6.07 Å². The molecular formula is C19H21ClO3. The highest BCUT2D eigenvalue weighted by Crippen LogP contribution is 2.33. The van der Waals surface area contributed by atoms with Gasteiger partial charge in [-0.3, -0.25) is 4.79 Å². The van der Waals surface area contributed by atoms with Gasteiger partial charge in [0.05, 0.1) is 11.4 Å². The number of halogens is 1. The second-order valence-corrected chi connectivity index (χ2v) is 6.06. The van der Waals surface area contributed by atoms with E-state index in [4.69, 9.17) is 21.4 Å². The molecule has 1 N–H and O–H groups in total. The standard InChI is InChI=1S/C19H21ClO3/c1-3-4-5-14-7-8-16(20)18(11-14)23-17-9-6-13(2)10-15(17)12-19(21)22/h6-11H,3-5,12H2,1-2H3,(H,21,22). The summed E-state index contributed by atoms with van der Waals surface area (Å²) in [5, 5.41) is 9.58. The van der Waals surface area contributed by atoms with Crippen LogP contribution in [0, 0.1) is 6.92 Å². The van der Waals surface area contributed by atoms with Gasteiger partial charge < -0.3 is 9.84 Å². The fraction of sp³-hybridized carbons (Fsp3) is 0.316. The number of aliphatic carboxylic acids is 1. The summed E-state index contributed by atoms with van der Waals surface area (Å²) >= 11 is 6.23. The minimum Gasteiger partial charge on any atom is -0.481 e. The molecule has 2 rings (SSSR count). The van der Waals surface area contributed by atoms with Gasteiger partial charge in [0, 0.05) is 5.56 Å². The molecule has 0 fully saturated rings. The van der Waals surface area contributed by atoms with Crippen LogP contribution in [0.3, 0.4) is 0 Å². The number of ether oxygens (including phenoxy) is 1. The van der Waals surface area contributed by atoms with Crippen LogP contribution >= 0.6 is 11.6 Å². The minimum absolute atomic E-state index is 0.0792. The molecule has 0 aliphatic rings. The van der Waals surface area contributed by atoms with Crippen molar-refractivity contribution in [2.75, 3.05) is 0 Å². The minimum atomic E-state index is -0.886. The quantitative estimate of drug-likeness (QED) is 0.737. The molecule has 122 valence electrons. The Bertz CT molecular complexity index is 695. The summed E-state index contributed by atoms with van der Waals surface area (Å²) in [5.41, 5.74) is 2.81. The van der Waals surface area contributed by atoms with Gasteiger partial charge in [-0.25, -0.2) is 0 Å². The van der Waals surface area contributed by atoms with E-state index in [9.17, 15) is 4.79 Å². The van der Waals surface area contributed by atoms with E-state index in [0.29, 0.717) is 22.1 Å². The van der Waals surface area contributed by atoms with Crippen molar-refractivity contribution in [1.29, 1.82) is 0 Å². The van der Waals surface area contributed by atoms with E-state index < -0.39 is 5.97 Å². The van der Waals surface area contributed by atoms with Crippen LogP contribution < -0.4 is 4.74 Å². The Hall–Kier alpha value is -2.00. The van der Waals surface area contributed by atoms with E-state index in [-0.39, 0.29) is 6.42 Å². The summed E-state index contributed by atoms with van der Waals surface area (Å²) in [6.45, 7) is 4.07. The zero-order valence-corrected chi connectivity index (χ0v) is 14.2. The number of benzene rings is 2. The number of carboxylic acid groups (broad SMARTS) is 1. The Labute approximate surface area is 141 Å². The van der Waals surface area contributed by atoms with Crippen LogP contribution in [-0.2, 0) is 17.6 Å². The molecule has 0 aliphatic heterocycles. The number of hydrogen-bond acceptors (Lipinski definition) is 2. The van der Waals surface area contributed by atoms with Crippen LogP contribution in [0.2, 0.25) is 5.02 Å². The molecule has 0 atom stereocenters. The molecule has 0 amide bonds. The largest absolute Gasteiger partial charge is 0.481 e. The van der Waals surface area contributed by atoms with Crippen molar-refractivity contribution in [3.05, 3.63) is 58.1 Å². The molecule has 3 nitrogen and oxygen atoms in total. The Kier molecular flexibility index (Phi) is 6.05. The maximum absolute atomic E-state index is 11.0. The maximum atomic E-state index is 11.0. The van der Waals surface area contributed by atoms with Gasteiger partial charge in [0.2, 0.25) is 0 Å². The lowest BCUT2D eigenvalue weighted by atomic mass is 10.1. The monoisotopic (exact) mass is 332 g/mol. The first-order chi connectivity index (χ1) is 11.0. The molecule has 2 aromatic rings. The molecule has 0 saturated carbocycles. The molecule has 23 heavy (non-hydrogen) atoms. The number of hydrogen-bond donors (Lipinski definition) is 1. The van der Waals surface area contributed by atoms with Gasteiger partial charge in [-0.15, -0.1) is 0 Å². The summed E-state index contributed by atoms with van der Waals surface area (Å²) in [4.78, 5) is 11.0. The maximum Gasteiger partial charge on any atom is 0.307 e. The predicted octanol–water partition coefficient (Wildman–Crippen LogP) is 5.41. The van der Waals surface area contributed by atoms with Crippen molar-refractivity contribution < 1.29 is 14.6 Å². The van der Waals surface area contributed by atoms with E-state index in [1.165, 1.54) is 0 Å². The topological polar surface area (TPSA) is 46.5 Å². The molecule has 0 saturated heterocycles. The van der Waals surface area contributed by atoms with Crippen molar-refractivity contribution in [1.82, 2.24) is 0 Å². The predicted molar refractivity (Wildman–Crippen MR) is 92.7 cm³/mol. The van der Waals surface area contributed by atoms with Gasteiger partial charge in [-0.05, 0) is 43.5 Å². The molecule has 0 bridgehead atoms. The van der Waals surface area contributed by atoms with Crippen molar-refractivity contribution in [3.63, 3.8) is 0 Å². The van der Waals surface area contributed by atoms with Crippen LogP contribution in [-0.4, -0.2) is 11.1 Å². The highest BCUT2D eigenvalue weighted by Gasteiger charge is 2.11. The normalized spacial score (nSPS) is 10.6. The van der Waals surface area contributed by atoms with E-state index in [2.05, 4.69) is 6.92 Å². The highest BCUT2D eigenvalue weighted by molar-refractivity contribution is 6.32. The molecule has 0 unspecified atom stereocenters. The van der Waals surface area contributed by atoms with Crippen LogP contribution in [0.15, 0.2) is 36.4 Å². The molecular weight excluding hydrogens is 312 g/mol. The molecule has 0 aromatic heterocycles. The number of unbranched alkanes of at least 4 members (excludes halogenated alkanes) is 1. The molecule has 0 heterocycles. The average molecular weight is 333 g/mol. The Morgan fingerprint density at radius 2 is 1.96 bits per heavy atom. The summed E-state index contributed by atoms with van der Waals surface area (Å²) in [6.07, 6.45) is 3.12. The molecule has 2 aromatic carbocycles. The zero-order valence-electron chi connectivity index (χ0n) is 13.4. The number of aryl methyl sites for hydroxylation is 2. The molecule has 0 aliphatic carbocycles. The van der Waals surface area contributed by atoms with Crippen LogP contribution in [0.4, 0.5) is 0 Å². The smallest absolute Gasteiger partial charge is 0.307 e. The van der Waals surface area contributed by atoms with Crippen LogP contribution in [0.1, 0.15) is 36.5 Å². The lowest BCUT2D eigenvalue weighted by molar-refractivity contribution is -0.136. The second-order valence-electron chi connectivity index (χ2n) is 5.65. The zero-order chi connectivity index (χ0) is 16.8. The highest BCUT2D eigenvalue weighted by atomic mass is 35.5. The summed E-state index contributed by atoms with van der Waals surface area (Å²) in [5.74, 6) is 0.214. The third-order valence-electron chi connectivity index (χ3n) is 3.59. The van der Waals surface area contributed by atoms with Gasteiger partial charge in [-0.1, -0.05) is 48.7 Å². The SMILES string of the molecule is CCCCc1ccc(Cl)c(Oc2ccc(C)cc2CC(=O)O)c1. The van der Waals surface area contributed by atoms with Gasteiger partial charge in [0.25, 0.3) is 0 Å². The summed E-state index contributed by atoms with van der Waals surface area (Å²) < 4.78 is 5.92. The van der Waals surface area contributed by atoms with Gasteiger partial charge >= 0.3 is 5.97 Å². The molecule has 4 heteroatoms. The Balaban J connectivity index is 2.29. The first-order valence-electron chi connectivity index (χ1n) is 7.77. The Morgan fingerprint density at radius 1 is 1.17 bits per heavy atom. The first-order valence-corrected chi connectivity index (χ1v) is 8.15. The molecule has 0 spiro atoms. The van der Waals surface area contributed by atoms with E-state index >= 15 is 0 Å². The van der Waals surface area contributed by atoms with Crippen molar-refractivity contribution in [2.45, 2.75) is 39.5 Å². The molecule has 0 radical (unpaired) electrons. The van der Waals surface area contributed by atoms with Crippen LogP contribution in [0.5, 0.6) is 11.5 Å². The van der Waals surface area contributed by atoms with Gasteiger partial charge in [-0.2, -0.15) is 0 Å².